The van der Waals surface area contributed by atoms with E-state index in [0.29, 0.717) is 0 Å². The molecule has 0 aliphatic carbocycles. The van der Waals surface area contributed by atoms with E-state index in [1.165, 1.54) is 0 Å². The molecular formula is C15H23N3O. The number of carbonyl (C=O) groups excluding carboxylic acids is 1. The third-order valence-electron chi connectivity index (χ3n) is 4.27. The van der Waals surface area contributed by atoms with Crippen molar-refractivity contribution in [2.75, 3.05) is 13.1 Å². The first-order chi connectivity index (χ1) is 9.18. The quantitative estimate of drug-likeness (QED) is 0.872. The molecule has 1 fully saturated rings. The number of pyridine rings is 1. The lowest BCUT2D eigenvalue weighted by Crippen LogP contribution is -2.47. The number of carbonyl (C=O) groups is 1. The van der Waals surface area contributed by atoms with Gasteiger partial charge in [-0.25, -0.2) is 0 Å². The minimum absolute atomic E-state index is 0.0359. The first-order valence-electron chi connectivity index (χ1n) is 7.09. The molecule has 2 N–H and O–H groups in total. The Morgan fingerprint density at radius 3 is 2.63 bits per heavy atom. The molecule has 2 heterocycles. The van der Waals surface area contributed by atoms with Crippen LogP contribution >= 0.6 is 0 Å². The van der Waals surface area contributed by atoms with Gasteiger partial charge in [-0.3, -0.25) is 9.78 Å². The summed E-state index contributed by atoms with van der Waals surface area (Å²) in [5.74, 6) is 0.195. The molecule has 4 heteroatoms. The highest BCUT2D eigenvalue weighted by molar-refractivity contribution is 5.83. The van der Waals surface area contributed by atoms with Crippen molar-refractivity contribution in [3.05, 3.63) is 30.1 Å². The lowest BCUT2D eigenvalue weighted by molar-refractivity contribution is -0.133. The summed E-state index contributed by atoms with van der Waals surface area (Å²) >= 11 is 0. The Morgan fingerprint density at radius 1 is 1.42 bits per heavy atom. The van der Waals surface area contributed by atoms with Crippen LogP contribution in [0.4, 0.5) is 0 Å². The van der Waals surface area contributed by atoms with E-state index in [9.17, 15) is 4.79 Å². The maximum absolute atomic E-state index is 12.6. The Balaban J connectivity index is 2.03. The van der Waals surface area contributed by atoms with E-state index in [2.05, 4.69) is 22.5 Å². The van der Waals surface area contributed by atoms with E-state index in [1.54, 1.807) is 12.4 Å². The van der Waals surface area contributed by atoms with Crippen molar-refractivity contribution in [1.29, 1.82) is 0 Å². The van der Waals surface area contributed by atoms with Gasteiger partial charge in [0, 0.05) is 12.4 Å². The van der Waals surface area contributed by atoms with E-state index in [1.807, 2.05) is 19.1 Å². The van der Waals surface area contributed by atoms with Gasteiger partial charge in [0.25, 0.3) is 0 Å². The minimum Gasteiger partial charge on any atom is -0.349 e. The van der Waals surface area contributed by atoms with Gasteiger partial charge in [-0.05, 0) is 57.0 Å². The molecule has 1 aliphatic rings. The van der Waals surface area contributed by atoms with Crippen molar-refractivity contribution < 1.29 is 4.79 Å². The highest BCUT2D eigenvalue weighted by atomic mass is 16.2. The van der Waals surface area contributed by atoms with Crippen molar-refractivity contribution >= 4 is 5.91 Å². The molecule has 1 atom stereocenters. The molecule has 104 valence electrons. The fourth-order valence-corrected chi connectivity index (χ4v) is 2.73. The first-order valence-corrected chi connectivity index (χ1v) is 7.09. The van der Waals surface area contributed by atoms with Gasteiger partial charge >= 0.3 is 0 Å². The Morgan fingerprint density at radius 2 is 2.05 bits per heavy atom. The van der Waals surface area contributed by atoms with Crippen LogP contribution in [0.5, 0.6) is 0 Å². The third kappa shape index (κ3) is 3.13. The summed E-state index contributed by atoms with van der Waals surface area (Å²) in [5.41, 5.74) is 0.913. The summed E-state index contributed by atoms with van der Waals surface area (Å²) in [6.07, 6.45) is 6.29. The molecular weight excluding hydrogens is 238 g/mol. The molecule has 19 heavy (non-hydrogen) atoms. The molecule has 4 nitrogen and oxygen atoms in total. The fourth-order valence-electron chi connectivity index (χ4n) is 2.73. The smallest absolute Gasteiger partial charge is 0.226 e. The zero-order chi connectivity index (χ0) is 13.7. The Bertz CT molecular complexity index is 413. The summed E-state index contributed by atoms with van der Waals surface area (Å²) < 4.78 is 0. The van der Waals surface area contributed by atoms with E-state index < -0.39 is 0 Å². The zero-order valence-electron chi connectivity index (χ0n) is 11.8. The van der Waals surface area contributed by atoms with Crippen LogP contribution in [0, 0.1) is 5.41 Å². The second-order valence-electron chi connectivity index (χ2n) is 5.36. The lowest BCUT2D eigenvalue weighted by atomic mass is 9.75. The van der Waals surface area contributed by atoms with Crippen LogP contribution in [0.25, 0.3) is 0 Å². The summed E-state index contributed by atoms with van der Waals surface area (Å²) in [6.45, 7) is 6.01. The number of hydrogen-bond acceptors (Lipinski definition) is 3. The normalized spacial score (nSPS) is 19.7. The van der Waals surface area contributed by atoms with Gasteiger partial charge in [-0.1, -0.05) is 6.92 Å². The number of nitrogens with one attached hydrogen (secondary N) is 2. The van der Waals surface area contributed by atoms with Crippen LogP contribution in [0.15, 0.2) is 24.5 Å². The van der Waals surface area contributed by atoms with Gasteiger partial charge in [0.05, 0.1) is 11.5 Å². The monoisotopic (exact) mass is 261 g/mol. The standard InChI is InChI=1S/C15H23N3O/c1-3-15(6-10-17-11-7-15)14(19)18-12(2)13-4-8-16-9-5-13/h4-5,8-9,12,17H,3,6-7,10-11H2,1-2H3,(H,18,19)/t12-/m0/s1. The summed E-state index contributed by atoms with van der Waals surface area (Å²) in [7, 11) is 0. The number of rotatable bonds is 4. The third-order valence-corrected chi connectivity index (χ3v) is 4.27. The zero-order valence-corrected chi connectivity index (χ0v) is 11.8. The Kier molecular flexibility index (Phi) is 4.53. The largest absolute Gasteiger partial charge is 0.349 e. The fraction of sp³-hybridized carbons (Fsp3) is 0.600. The van der Waals surface area contributed by atoms with Gasteiger partial charge in [0.2, 0.25) is 5.91 Å². The highest BCUT2D eigenvalue weighted by Gasteiger charge is 2.38. The topological polar surface area (TPSA) is 54.0 Å². The molecule has 0 radical (unpaired) electrons. The molecule has 1 amide bonds. The van der Waals surface area contributed by atoms with E-state index in [0.717, 1.165) is 37.9 Å². The maximum Gasteiger partial charge on any atom is 0.226 e. The Labute approximate surface area is 115 Å². The molecule has 1 saturated heterocycles. The average Bonchev–Trinajstić information content (AvgIpc) is 2.48. The van der Waals surface area contributed by atoms with Crippen LogP contribution in [0.3, 0.4) is 0 Å². The molecule has 1 aliphatic heterocycles. The molecule has 0 saturated carbocycles. The number of nitrogens with zero attached hydrogens (tertiary/aromatic N) is 1. The predicted molar refractivity (Wildman–Crippen MR) is 75.6 cm³/mol. The number of piperidine rings is 1. The van der Waals surface area contributed by atoms with Crippen molar-refractivity contribution in [3.8, 4) is 0 Å². The lowest BCUT2D eigenvalue weighted by Gasteiger charge is -2.36. The first kappa shape index (κ1) is 14.0. The minimum atomic E-state index is -0.188. The van der Waals surface area contributed by atoms with Crippen LogP contribution in [-0.2, 0) is 4.79 Å². The van der Waals surface area contributed by atoms with Gasteiger partial charge in [0.1, 0.15) is 0 Å². The molecule has 0 spiro atoms. The Hall–Kier alpha value is -1.42. The van der Waals surface area contributed by atoms with Gasteiger partial charge in [0.15, 0.2) is 0 Å². The van der Waals surface area contributed by atoms with Crippen LogP contribution in [0.2, 0.25) is 0 Å². The number of aromatic nitrogens is 1. The van der Waals surface area contributed by atoms with Crippen LogP contribution in [0.1, 0.15) is 44.7 Å². The van der Waals surface area contributed by atoms with Gasteiger partial charge in [-0.2, -0.15) is 0 Å². The highest BCUT2D eigenvalue weighted by Crippen LogP contribution is 2.33. The second-order valence-corrected chi connectivity index (χ2v) is 5.36. The summed E-state index contributed by atoms with van der Waals surface area (Å²) in [4.78, 5) is 16.6. The van der Waals surface area contributed by atoms with Crippen LogP contribution < -0.4 is 10.6 Å². The van der Waals surface area contributed by atoms with Crippen molar-refractivity contribution in [1.82, 2.24) is 15.6 Å². The predicted octanol–water partition coefficient (Wildman–Crippen LogP) is 2.04. The maximum atomic E-state index is 12.6. The summed E-state index contributed by atoms with van der Waals surface area (Å²) in [5, 5.41) is 6.49. The molecule has 0 unspecified atom stereocenters. The van der Waals surface area contributed by atoms with E-state index >= 15 is 0 Å². The van der Waals surface area contributed by atoms with Gasteiger partial charge in [-0.15, -0.1) is 0 Å². The van der Waals surface area contributed by atoms with Gasteiger partial charge < -0.3 is 10.6 Å². The average molecular weight is 261 g/mol. The van der Waals surface area contributed by atoms with Crippen molar-refractivity contribution in [2.24, 2.45) is 5.41 Å². The SMILES string of the molecule is CCC1(C(=O)N[C@@H](C)c2ccncc2)CCNCC1. The van der Waals surface area contributed by atoms with Crippen LogP contribution in [-0.4, -0.2) is 24.0 Å². The number of hydrogen-bond donors (Lipinski definition) is 2. The van der Waals surface area contributed by atoms with Crippen molar-refractivity contribution in [3.63, 3.8) is 0 Å². The number of amides is 1. The van der Waals surface area contributed by atoms with Crippen molar-refractivity contribution in [2.45, 2.75) is 39.2 Å². The molecule has 0 bridgehead atoms. The second kappa shape index (κ2) is 6.15. The summed E-state index contributed by atoms with van der Waals surface area (Å²) in [6, 6.07) is 3.94. The molecule has 1 aromatic heterocycles. The van der Waals surface area contributed by atoms with E-state index in [-0.39, 0.29) is 17.4 Å². The van der Waals surface area contributed by atoms with E-state index in [4.69, 9.17) is 0 Å². The molecule has 0 aromatic carbocycles. The molecule has 1 aromatic rings. The molecule has 2 rings (SSSR count).